The summed E-state index contributed by atoms with van der Waals surface area (Å²) in [5.41, 5.74) is 0.819. The molecular formula is C22H24ClN3O5S2. The molecule has 33 heavy (non-hydrogen) atoms. The zero-order valence-electron chi connectivity index (χ0n) is 18.4. The Morgan fingerprint density at radius 2 is 1.97 bits per heavy atom. The van der Waals surface area contributed by atoms with Gasteiger partial charge in [-0.2, -0.15) is 0 Å². The van der Waals surface area contributed by atoms with Crippen LogP contribution in [0, 0.1) is 0 Å². The highest BCUT2D eigenvalue weighted by atomic mass is 35.5. The molecule has 2 aliphatic rings. The van der Waals surface area contributed by atoms with Gasteiger partial charge in [-0.25, -0.2) is 17.7 Å². The van der Waals surface area contributed by atoms with Gasteiger partial charge in [0.15, 0.2) is 16.7 Å². The molecule has 1 atom stereocenters. The SMILES string of the molecule is C[C@@H]1CN(C(=O)c2cc(Cl)c3c(c2)OCCCO3)C(=Nc2cccc(S(=O)(=O)N(C)C)c2)S1. The Kier molecular flexibility index (Phi) is 6.90. The highest BCUT2D eigenvalue weighted by Gasteiger charge is 2.32. The van der Waals surface area contributed by atoms with Crippen molar-refractivity contribution in [3.05, 3.63) is 47.0 Å². The van der Waals surface area contributed by atoms with Gasteiger partial charge in [0.1, 0.15) is 0 Å². The summed E-state index contributed by atoms with van der Waals surface area (Å²) in [4.78, 5) is 19.7. The Morgan fingerprint density at radius 1 is 1.21 bits per heavy atom. The number of sulfonamides is 1. The number of thioether (sulfide) groups is 1. The van der Waals surface area contributed by atoms with Crippen LogP contribution in [0.25, 0.3) is 0 Å². The first-order valence-corrected chi connectivity index (χ1v) is 13.1. The molecule has 0 bridgehead atoms. The third-order valence-electron chi connectivity index (χ3n) is 5.09. The molecule has 2 aromatic rings. The molecule has 11 heteroatoms. The second kappa shape index (κ2) is 9.54. The van der Waals surface area contributed by atoms with Crippen molar-refractivity contribution in [2.24, 2.45) is 4.99 Å². The van der Waals surface area contributed by atoms with E-state index in [1.54, 1.807) is 29.2 Å². The molecule has 1 fully saturated rings. The summed E-state index contributed by atoms with van der Waals surface area (Å²) in [5, 5.41) is 0.935. The van der Waals surface area contributed by atoms with Crippen LogP contribution >= 0.6 is 23.4 Å². The molecule has 0 spiro atoms. The van der Waals surface area contributed by atoms with Crippen LogP contribution in [0.1, 0.15) is 23.7 Å². The number of benzene rings is 2. The fourth-order valence-corrected chi connectivity index (χ4v) is 5.65. The number of amides is 1. The van der Waals surface area contributed by atoms with Gasteiger partial charge in [0.05, 0.1) is 28.8 Å². The summed E-state index contributed by atoms with van der Waals surface area (Å²) in [6.07, 6.45) is 0.730. The summed E-state index contributed by atoms with van der Waals surface area (Å²) in [6.45, 7) is 3.45. The quantitative estimate of drug-likeness (QED) is 0.618. The molecule has 4 rings (SSSR count). The summed E-state index contributed by atoms with van der Waals surface area (Å²) in [6, 6.07) is 9.58. The van der Waals surface area contributed by atoms with E-state index < -0.39 is 10.0 Å². The third-order valence-corrected chi connectivity index (χ3v) is 8.26. The summed E-state index contributed by atoms with van der Waals surface area (Å²) in [7, 11) is -0.646. The monoisotopic (exact) mass is 509 g/mol. The minimum absolute atomic E-state index is 0.122. The van der Waals surface area contributed by atoms with E-state index in [1.165, 1.54) is 38.0 Å². The van der Waals surface area contributed by atoms with E-state index in [0.717, 1.165) is 10.7 Å². The number of rotatable bonds is 4. The lowest BCUT2D eigenvalue weighted by Crippen LogP contribution is -2.32. The van der Waals surface area contributed by atoms with Crippen LogP contribution < -0.4 is 9.47 Å². The smallest absolute Gasteiger partial charge is 0.260 e. The lowest BCUT2D eigenvalue weighted by Gasteiger charge is -2.18. The molecule has 0 unspecified atom stereocenters. The average Bonchev–Trinajstić information content (AvgIpc) is 2.97. The second-order valence-corrected chi connectivity index (χ2v) is 11.8. The topological polar surface area (TPSA) is 88.5 Å². The van der Waals surface area contributed by atoms with Gasteiger partial charge in [-0.15, -0.1) is 0 Å². The van der Waals surface area contributed by atoms with Crippen molar-refractivity contribution < 1.29 is 22.7 Å². The Labute approximate surface area is 202 Å². The maximum atomic E-state index is 13.4. The molecule has 0 radical (unpaired) electrons. The minimum Gasteiger partial charge on any atom is -0.489 e. The van der Waals surface area contributed by atoms with E-state index in [4.69, 9.17) is 21.1 Å². The Balaban J connectivity index is 1.67. The third kappa shape index (κ3) is 4.98. The predicted molar refractivity (Wildman–Crippen MR) is 130 cm³/mol. The minimum atomic E-state index is -3.60. The fraction of sp³-hybridized carbons (Fsp3) is 0.364. The normalized spacial score (nSPS) is 19.7. The number of halogens is 1. The van der Waals surface area contributed by atoms with Gasteiger partial charge in [0.2, 0.25) is 10.0 Å². The van der Waals surface area contributed by atoms with Crippen molar-refractivity contribution >= 4 is 50.1 Å². The van der Waals surface area contributed by atoms with Gasteiger partial charge in [-0.1, -0.05) is 36.4 Å². The van der Waals surface area contributed by atoms with Crippen LogP contribution in [-0.2, 0) is 10.0 Å². The molecule has 2 aliphatic heterocycles. The molecule has 0 N–H and O–H groups in total. The second-order valence-electron chi connectivity index (χ2n) is 7.86. The van der Waals surface area contributed by atoms with E-state index >= 15 is 0 Å². The van der Waals surface area contributed by atoms with Crippen LogP contribution in [-0.4, -0.2) is 67.8 Å². The fourth-order valence-electron chi connectivity index (χ4n) is 3.42. The van der Waals surface area contributed by atoms with Gasteiger partial charge < -0.3 is 9.47 Å². The predicted octanol–water partition coefficient (Wildman–Crippen LogP) is 4.02. The molecule has 1 saturated heterocycles. The van der Waals surface area contributed by atoms with Gasteiger partial charge >= 0.3 is 0 Å². The lowest BCUT2D eigenvalue weighted by atomic mass is 10.1. The van der Waals surface area contributed by atoms with Crippen molar-refractivity contribution in [3.63, 3.8) is 0 Å². The molecule has 8 nitrogen and oxygen atoms in total. The molecule has 1 amide bonds. The molecule has 176 valence electrons. The van der Waals surface area contributed by atoms with Crippen molar-refractivity contribution in [2.45, 2.75) is 23.5 Å². The molecule has 0 saturated carbocycles. The van der Waals surface area contributed by atoms with Crippen LogP contribution in [0.15, 0.2) is 46.3 Å². The largest absolute Gasteiger partial charge is 0.489 e. The van der Waals surface area contributed by atoms with Crippen LogP contribution in [0.2, 0.25) is 5.02 Å². The first kappa shape index (κ1) is 23.9. The van der Waals surface area contributed by atoms with E-state index in [0.29, 0.717) is 52.7 Å². The maximum Gasteiger partial charge on any atom is 0.260 e. The molecule has 2 aromatic carbocycles. The first-order chi connectivity index (χ1) is 15.7. The van der Waals surface area contributed by atoms with Crippen molar-refractivity contribution in [1.82, 2.24) is 9.21 Å². The van der Waals surface area contributed by atoms with E-state index in [1.807, 2.05) is 6.92 Å². The number of nitrogens with zero attached hydrogens (tertiary/aromatic N) is 3. The van der Waals surface area contributed by atoms with Crippen molar-refractivity contribution in [3.8, 4) is 11.5 Å². The van der Waals surface area contributed by atoms with Gasteiger partial charge in [0.25, 0.3) is 5.91 Å². The standard InChI is InChI=1S/C22H24ClN3O5S2/c1-14-13-26(21(27)15-10-18(23)20-19(11-15)30-8-5-9-31-20)22(32-14)24-16-6-4-7-17(12-16)33(28,29)25(2)3/h4,6-7,10-12,14H,5,8-9,13H2,1-3H3/t14-/m1/s1. The number of fused-ring (bicyclic) bond motifs is 1. The number of carbonyl (C=O) groups is 1. The average molecular weight is 510 g/mol. The van der Waals surface area contributed by atoms with E-state index in [-0.39, 0.29) is 16.1 Å². The Morgan fingerprint density at radius 3 is 2.73 bits per heavy atom. The van der Waals surface area contributed by atoms with Crippen LogP contribution in [0.3, 0.4) is 0 Å². The van der Waals surface area contributed by atoms with Crippen LogP contribution in [0.5, 0.6) is 11.5 Å². The van der Waals surface area contributed by atoms with E-state index in [9.17, 15) is 13.2 Å². The lowest BCUT2D eigenvalue weighted by molar-refractivity contribution is 0.0855. The summed E-state index contributed by atoms with van der Waals surface area (Å²) >= 11 is 7.83. The van der Waals surface area contributed by atoms with Gasteiger partial charge in [-0.3, -0.25) is 9.69 Å². The summed E-state index contributed by atoms with van der Waals surface area (Å²) in [5.74, 6) is 0.631. The number of carbonyl (C=O) groups excluding carboxylic acids is 1. The highest BCUT2D eigenvalue weighted by molar-refractivity contribution is 8.14. The number of hydrogen-bond acceptors (Lipinski definition) is 7. The molecule has 2 heterocycles. The highest BCUT2D eigenvalue weighted by Crippen LogP contribution is 2.39. The number of hydrogen-bond donors (Lipinski definition) is 0. The zero-order chi connectivity index (χ0) is 23.8. The number of ether oxygens (including phenoxy) is 2. The van der Waals surface area contributed by atoms with E-state index in [2.05, 4.69) is 4.99 Å². The van der Waals surface area contributed by atoms with Crippen LogP contribution in [0.4, 0.5) is 5.69 Å². The molecular weight excluding hydrogens is 486 g/mol. The Hall–Kier alpha value is -2.27. The maximum absolute atomic E-state index is 13.4. The van der Waals surface area contributed by atoms with Gasteiger partial charge in [-0.05, 0) is 30.3 Å². The number of amidine groups is 1. The number of aliphatic imine (C=N–C) groups is 1. The van der Waals surface area contributed by atoms with Crippen molar-refractivity contribution in [2.75, 3.05) is 33.9 Å². The molecule has 0 aromatic heterocycles. The molecule has 0 aliphatic carbocycles. The first-order valence-electron chi connectivity index (χ1n) is 10.4. The van der Waals surface area contributed by atoms with Gasteiger partial charge in [0, 0.05) is 37.9 Å². The van der Waals surface area contributed by atoms with Crippen molar-refractivity contribution in [1.29, 1.82) is 0 Å². The summed E-state index contributed by atoms with van der Waals surface area (Å²) < 4.78 is 37.5. The zero-order valence-corrected chi connectivity index (χ0v) is 20.8. The Bertz CT molecular complexity index is 1220.